The molecule has 2 aliphatic rings. The van der Waals surface area contributed by atoms with Crippen LogP contribution in [0.25, 0.3) is 0 Å². The van der Waals surface area contributed by atoms with Crippen LogP contribution in [0.2, 0.25) is 10.0 Å². The highest BCUT2D eigenvalue weighted by Crippen LogP contribution is 2.49. The number of pyridine rings is 1. The number of nitrogens with zero attached hydrogens (tertiary/aromatic N) is 6. The maximum Gasteiger partial charge on any atom is 0.274 e. The molecular formula is C35H36Cl2FN7O4. The predicted octanol–water partition coefficient (Wildman–Crippen LogP) is 6.14. The molecule has 1 saturated heterocycles. The molecular weight excluding hydrogens is 672 g/mol. The van der Waals surface area contributed by atoms with Crippen LogP contribution >= 0.6 is 23.2 Å². The first kappa shape index (κ1) is 34.2. The lowest BCUT2D eigenvalue weighted by Crippen LogP contribution is -2.45. The zero-order chi connectivity index (χ0) is 35.1. The standard InChI is InChI=1S/C35H36Cl2FN7O4/c1-18(2)29(41-25-15-40-35(43(3)4)42-32(25)48-6)27-28(39)31-34(49-31)45(30(27)20-9-12-23(37)24(38)13-20)26-14-21(36)17-44(33(26)46)16-19-7-10-22(47-5)11-8-19/h7-15,17-18,30-31,34H,16,39H2,1-6H3. The summed E-state index contributed by atoms with van der Waals surface area (Å²) in [5.41, 5.74) is 10.0. The Labute approximate surface area is 293 Å². The molecule has 0 saturated carbocycles. The van der Waals surface area contributed by atoms with E-state index < -0.39 is 24.2 Å². The fraction of sp³-hybridized carbons (Fsp3) is 0.314. The average Bonchev–Trinajstić information content (AvgIpc) is 3.88. The largest absolute Gasteiger partial charge is 0.497 e. The van der Waals surface area contributed by atoms with Crippen molar-refractivity contribution in [3.05, 3.63) is 110 Å². The summed E-state index contributed by atoms with van der Waals surface area (Å²) in [5, 5.41) is 0.279. The van der Waals surface area contributed by atoms with E-state index in [1.165, 1.54) is 23.8 Å². The van der Waals surface area contributed by atoms with Gasteiger partial charge in [-0.3, -0.25) is 4.79 Å². The number of aliphatic imine (C=N–C) groups is 1. The normalized spacial score (nSPS) is 18.9. The van der Waals surface area contributed by atoms with Crippen molar-refractivity contribution in [1.82, 2.24) is 14.5 Å². The Morgan fingerprint density at radius 3 is 2.49 bits per heavy atom. The lowest BCUT2D eigenvalue weighted by Gasteiger charge is -2.38. The SMILES string of the molecule is COc1ccc(Cn2cc(Cl)cc(N3C(c4ccc(Cl)c(F)c4)C(C(=Nc4cnc(N(C)C)nc4OC)C(C)C)=C(N)C4OC43)c2=O)cc1. The smallest absolute Gasteiger partial charge is 0.274 e. The molecule has 0 radical (unpaired) electrons. The molecule has 0 aliphatic carbocycles. The van der Waals surface area contributed by atoms with Gasteiger partial charge in [0.1, 0.15) is 29.0 Å². The monoisotopic (exact) mass is 707 g/mol. The number of nitrogens with two attached hydrogens (primary N) is 1. The third kappa shape index (κ3) is 6.68. The number of hydrogen-bond donors (Lipinski definition) is 1. The zero-order valence-electron chi connectivity index (χ0n) is 27.8. The van der Waals surface area contributed by atoms with Crippen LogP contribution in [0.1, 0.15) is 31.0 Å². The molecule has 1 fully saturated rings. The van der Waals surface area contributed by atoms with E-state index in [0.29, 0.717) is 45.0 Å². The van der Waals surface area contributed by atoms with Crippen molar-refractivity contribution in [2.24, 2.45) is 16.6 Å². The van der Waals surface area contributed by atoms with E-state index in [4.69, 9.17) is 48.1 Å². The minimum absolute atomic E-state index is 0.0459. The van der Waals surface area contributed by atoms with Crippen LogP contribution in [-0.4, -0.2) is 60.9 Å². The maximum atomic E-state index is 15.2. The molecule has 11 nitrogen and oxygen atoms in total. The van der Waals surface area contributed by atoms with Crippen LogP contribution < -0.4 is 30.6 Å². The Morgan fingerprint density at radius 1 is 1.12 bits per heavy atom. The predicted molar refractivity (Wildman–Crippen MR) is 189 cm³/mol. The lowest BCUT2D eigenvalue weighted by molar-refractivity contribution is 0.376. The summed E-state index contributed by atoms with van der Waals surface area (Å²) < 4.78 is 33.8. The molecule has 3 atom stereocenters. The molecule has 0 amide bonds. The quantitative estimate of drug-likeness (QED) is 0.153. The highest BCUT2D eigenvalue weighted by atomic mass is 35.5. The molecule has 2 aromatic heterocycles. The molecule has 6 rings (SSSR count). The highest BCUT2D eigenvalue weighted by Gasteiger charge is 2.56. The molecule has 3 unspecified atom stereocenters. The Morgan fingerprint density at radius 2 is 1.86 bits per heavy atom. The summed E-state index contributed by atoms with van der Waals surface area (Å²) in [6.07, 6.45) is 1.97. The number of methoxy groups -OCH3 is 2. The molecule has 2 N–H and O–H groups in total. The zero-order valence-corrected chi connectivity index (χ0v) is 29.3. The van der Waals surface area contributed by atoms with Gasteiger partial charge in [0.25, 0.3) is 5.56 Å². The van der Waals surface area contributed by atoms with Gasteiger partial charge >= 0.3 is 0 Å². The second-order valence-corrected chi connectivity index (χ2v) is 13.1. The number of anilines is 2. The van der Waals surface area contributed by atoms with E-state index >= 15 is 4.39 Å². The number of benzene rings is 2. The van der Waals surface area contributed by atoms with Gasteiger partial charge in [0.15, 0.2) is 6.23 Å². The second-order valence-electron chi connectivity index (χ2n) is 12.2. The van der Waals surface area contributed by atoms with Crippen LogP contribution in [0.3, 0.4) is 0 Å². The number of fused-ring (bicyclic) bond motifs is 1. The van der Waals surface area contributed by atoms with E-state index in [2.05, 4.69) is 9.97 Å². The lowest BCUT2D eigenvalue weighted by atomic mass is 9.84. The van der Waals surface area contributed by atoms with E-state index in [1.807, 2.05) is 52.2 Å². The molecule has 4 aromatic rings. The van der Waals surface area contributed by atoms with Gasteiger partial charge < -0.3 is 34.3 Å². The summed E-state index contributed by atoms with van der Waals surface area (Å²) in [6.45, 7) is 4.17. The molecule has 0 spiro atoms. The van der Waals surface area contributed by atoms with E-state index in [9.17, 15) is 4.79 Å². The van der Waals surface area contributed by atoms with Gasteiger partial charge in [-0.2, -0.15) is 4.98 Å². The van der Waals surface area contributed by atoms with Gasteiger partial charge in [-0.25, -0.2) is 14.4 Å². The van der Waals surface area contributed by atoms with E-state index in [-0.39, 0.29) is 34.6 Å². The van der Waals surface area contributed by atoms with Crippen LogP contribution in [0.5, 0.6) is 11.6 Å². The summed E-state index contributed by atoms with van der Waals surface area (Å²) in [6, 6.07) is 12.7. The maximum absolute atomic E-state index is 15.2. The fourth-order valence-electron chi connectivity index (χ4n) is 5.95. The van der Waals surface area contributed by atoms with Crippen molar-refractivity contribution in [3.63, 3.8) is 0 Å². The first-order valence-corrected chi connectivity index (χ1v) is 16.3. The van der Waals surface area contributed by atoms with Gasteiger partial charge in [-0.1, -0.05) is 55.2 Å². The Kier molecular flexibility index (Phi) is 9.56. The minimum Gasteiger partial charge on any atom is -0.497 e. The van der Waals surface area contributed by atoms with E-state index in [1.54, 1.807) is 41.4 Å². The minimum atomic E-state index is -0.828. The Hall–Kier alpha value is -4.65. The van der Waals surface area contributed by atoms with Crippen LogP contribution in [0.15, 0.2) is 82.0 Å². The first-order valence-electron chi connectivity index (χ1n) is 15.5. The fourth-order valence-corrected chi connectivity index (χ4v) is 6.29. The van der Waals surface area contributed by atoms with Gasteiger partial charge in [0, 0.05) is 31.6 Å². The van der Waals surface area contributed by atoms with Crippen molar-refractivity contribution in [2.45, 2.75) is 38.8 Å². The summed E-state index contributed by atoms with van der Waals surface area (Å²) in [4.78, 5) is 31.8. The summed E-state index contributed by atoms with van der Waals surface area (Å²) in [5.74, 6) is 0.559. The van der Waals surface area contributed by atoms with Crippen molar-refractivity contribution < 1.29 is 18.6 Å². The number of hydrogen-bond acceptors (Lipinski definition) is 10. The summed E-state index contributed by atoms with van der Waals surface area (Å²) >= 11 is 12.8. The average molecular weight is 709 g/mol. The van der Waals surface area contributed by atoms with Crippen molar-refractivity contribution in [3.8, 4) is 11.6 Å². The van der Waals surface area contributed by atoms with Crippen LogP contribution in [0, 0.1) is 11.7 Å². The highest BCUT2D eigenvalue weighted by molar-refractivity contribution is 6.31. The molecule has 4 heterocycles. The third-order valence-corrected chi connectivity index (χ3v) is 8.89. The van der Waals surface area contributed by atoms with Crippen molar-refractivity contribution in [2.75, 3.05) is 38.1 Å². The Balaban J connectivity index is 1.54. The van der Waals surface area contributed by atoms with Gasteiger partial charge in [0.05, 0.1) is 48.8 Å². The number of halogens is 3. The van der Waals surface area contributed by atoms with Crippen LogP contribution in [0.4, 0.5) is 21.7 Å². The van der Waals surface area contributed by atoms with Crippen molar-refractivity contribution in [1.29, 1.82) is 0 Å². The molecule has 49 heavy (non-hydrogen) atoms. The molecule has 14 heteroatoms. The summed E-state index contributed by atoms with van der Waals surface area (Å²) in [7, 11) is 6.74. The van der Waals surface area contributed by atoms with Crippen molar-refractivity contribution >= 4 is 46.2 Å². The van der Waals surface area contributed by atoms with E-state index in [0.717, 1.165) is 5.56 Å². The first-order chi connectivity index (χ1) is 23.4. The number of aromatic nitrogens is 3. The van der Waals surface area contributed by atoms with Gasteiger partial charge in [-0.05, 0) is 47.4 Å². The van der Waals surface area contributed by atoms with Gasteiger partial charge in [0.2, 0.25) is 11.8 Å². The molecule has 2 aromatic carbocycles. The molecule has 256 valence electrons. The van der Waals surface area contributed by atoms with Crippen LogP contribution in [-0.2, 0) is 11.3 Å². The topological polar surface area (TPSA) is 124 Å². The number of epoxide rings is 1. The number of ether oxygens (including phenoxy) is 3. The van der Waals surface area contributed by atoms with Gasteiger partial charge in [-0.15, -0.1) is 0 Å². The number of rotatable bonds is 10. The third-order valence-electron chi connectivity index (χ3n) is 8.38. The Bertz CT molecular complexity index is 2020. The molecule has 2 aliphatic heterocycles. The molecule has 0 bridgehead atoms. The second kappa shape index (κ2) is 13.7.